The quantitative estimate of drug-likeness (QED) is 0.781. The largest absolute Gasteiger partial charge is 0.278 e. The van der Waals surface area contributed by atoms with Gasteiger partial charge in [0.15, 0.2) is 0 Å². The second kappa shape index (κ2) is 5.82. The minimum atomic E-state index is -0.231. The fourth-order valence-electron chi connectivity index (χ4n) is 2.63. The van der Waals surface area contributed by atoms with Gasteiger partial charge < -0.3 is 0 Å². The molecule has 0 aliphatic carbocycles. The molecule has 0 saturated carbocycles. The summed E-state index contributed by atoms with van der Waals surface area (Å²) in [6, 6.07) is 17.1. The van der Waals surface area contributed by atoms with E-state index in [0.717, 1.165) is 5.56 Å². The Labute approximate surface area is 131 Å². The lowest BCUT2D eigenvalue weighted by atomic mass is 9.98. The lowest BCUT2D eigenvalue weighted by molar-refractivity contribution is -0.125. The van der Waals surface area contributed by atoms with Crippen molar-refractivity contribution in [2.75, 3.05) is 6.54 Å². The fourth-order valence-corrected chi connectivity index (χ4v) is 3.09. The zero-order valence-electron chi connectivity index (χ0n) is 11.3. The predicted octanol–water partition coefficient (Wildman–Crippen LogP) is 3.61. The van der Waals surface area contributed by atoms with Crippen molar-refractivity contribution in [3.8, 4) is 0 Å². The molecule has 1 fully saturated rings. The van der Waals surface area contributed by atoms with Gasteiger partial charge in [0.2, 0.25) is 5.91 Å². The summed E-state index contributed by atoms with van der Waals surface area (Å²) in [4.78, 5) is 26.1. The molecule has 0 spiro atoms. The van der Waals surface area contributed by atoms with Crippen LogP contribution in [-0.4, -0.2) is 23.3 Å². The van der Waals surface area contributed by atoms with E-state index >= 15 is 0 Å². The van der Waals surface area contributed by atoms with E-state index in [4.69, 9.17) is 0 Å². The molecule has 1 unspecified atom stereocenters. The van der Waals surface area contributed by atoms with Crippen LogP contribution < -0.4 is 0 Å². The van der Waals surface area contributed by atoms with E-state index in [1.807, 2.05) is 42.5 Å². The van der Waals surface area contributed by atoms with Gasteiger partial charge in [-0.1, -0.05) is 42.5 Å². The number of benzene rings is 2. The van der Waals surface area contributed by atoms with Crippen LogP contribution in [0.3, 0.4) is 0 Å². The number of amides is 2. The monoisotopic (exact) mass is 343 g/mol. The molecule has 2 aromatic rings. The summed E-state index contributed by atoms with van der Waals surface area (Å²) in [6.07, 6.45) is 0.389. The molecule has 2 amide bonds. The van der Waals surface area contributed by atoms with E-state index in [1.165, 1.54) is 4.90 Å². The van der Waals surface area contributed by atoms with E-state index in [-0.39, 0.29) is 17.7 Å². The third-order valence-electron chi connectivity index (χ3n) is 3.75. The molecule has 1 heterocycles. The lowest BCUT2D eigenvalue weighted by Crippen LogP contribution is -2.32. The lowest BCUT2D eigenvalue weighted by Gasteiger charge is -2.16. The standard InChI is InChI=1S/C17H14BrNO2/c18-15-9-5-4-8-14(15)17(21)19-11-13(10-16(19)20)12-6-2-1-3-7-12/h1-9,13H,10-11H2. The van der Waals surface area contributed by atoms with Gasteiger partial charge in [0.25, 0.3) is 5.91 Å². The summed E-state index contributed by atoms with van der Waals surface area (Å²) < 4.78 is 0.714. The molecule has 2 aromatic carbocycles. The van der Waals surface area contributed by atoms with Crippen molar-refractivity contribution in [1.82, 2.24) is 4.90 Å². The zero-order chi connectivity index (χ0) is 14.8. The fraction of sp³-hybridized carbons (Fsp3) is 0.176. The summed E-state index contributed by atoms with van der Waals surface area (Å²) >= 11 is 3.37. The summed E-state index contributed by atoms with van der Waals surface area (Å²) in [5.74, 6) is -0.249. The second-order valence-corrected chi connectivity index (χ2v) is 5.96. The van der Waals surface area contributed by atoms with Gasteiger partial charge in [0.05, 0.1) is 5.56 Å². The van der Waals surface area contributed by atoms with Crippen molar-refractivity contribution in [3.05, 3.63) is 70.2 Å². The number of halogens is 1. The van der Waals surface area contributed by atoms with Gasteiger partial charge in [0, 0.05) is 23.4 Å². The van der Waals surface area contributed by atoms with Gasteiger partial charge in [-0.15, -0.1) is 0 Å². The highest BCUT2D eigenvalue weighted by molar-refractivity contribution is 9.10. The summed E-state index contributed by atoms with van der Waals surface area (Å²) in [6.45, 7) is 0.447. The molecule has 3 rings (SSSR count). The Morgan fingerprint density at radius 3 is 2.43 bits per heavy atom. The molecule has 1 atom stereocenters. The van der Waals surface area contributed by atoms with Gasteiger partial charge in [-0.25, -0.2) is 0 Å². The third-order valence-corrected chi connectivity index (χ3v) is 4.44. The Bertz CT molecular complexity index is 684. The van der Waals surface area contributed by atoms with Crippen LogP contribution in [0.5, 0.6) is 0 Å². The highest BCUT2D eigenvalue weighted by Gasteiger charge is 2.35. The second-order valence-electron chi connectivity index (χ2n) is 5.10. The molecule has 3 nitrogen and oxygen atoms in total. The molecule has 4 heteroatoms. The molecule has 21 heavy (non-hydrogen) atoms. The Hall–Kier alpha value is -1.94. The van der Waals surface area contributed by atoms with Gasteiger partial charge in [-0.2, -0.15) is 0 Å². The molecule has 106 valence electrons. The zero-order valence-corrected chi connectivity index (χ0v) is 12.9. The highest BCUT2D eigenvalue weighted by atomic mass is 79.9. The SMILES string of the molecule is O=C1CC(c2ccccc2)CN1C(=O)c1ccccc1Br. The maximum Gasteiger partial charge on any atom is 0.261 e. The van der Waals surface area contributed by atoms with Crippen molar-refractivity contribution in [2.45, 2.75) is 12.3 Å². The van der Waals surface area contributed by atoms with Crippen LogP contribution in [0.1, 0.15) is 28.3 Å². The maximum atomic E-state index is 12.5. The minimum Gasteiger partial charge on any atom is -0.278 e. The smallest absolute Gasteiger partial charge is 0.261 e. The van der Waals surface area contributed by atoms with Crippen LogP contribution in [0.4, 0.5) is 0 Å². The van der Waals surface area contributed by atoms with Crippen molar-refractivity contribution < 1.29 is 9.59 Å². The number of hydrogen-bond acceptors (Lipinski definition) is 2. The number of carbonyl (C=O) groups is 2. The van der Waals surface area contributed by atoms with Crippen LogP contribution >= 0.6 is 15.9 Å². The van der Waals surface area contributed by atoms with Crippen molar-refractivity contribution in [2.24, 2.45) is 0 Å². The number of carbonyl (C=O) groups excluding carboxylic acids is 2. The molecule has 1 aliphatic heterocycles. The summed E-state index contributed by atoms with van der Waals surface area (Å²) in [5, 5.41) is 0. The van der Waals surface area contributed by atoms with Crippen molar-refractivity contribution in [1.29, 1.82) is 0 Å². The van der Waals surface area contributed by atoms with Crippen LogP contribution in [0.2, 0.25) is 0 Å². The average molecular weight is 344 g/mol. The first kappa shape index (κ1) is 14.0. The number of nitrogens with zero attached hydrogens (tertiary/aromatic N) is 1. The molecule has 0 radical (unpaired) electrons. The van der Waals surface area contributed by atoms with E-state index < -0.39 is 0 Å². The first-order valence-electron chi connectivity index (χ1n) is 6.81. The van der Waals surface area contributed by atoms with Crippen molar-refractivity contribution in [3.63, 3.8) is 0 Å². The molecule has 1 aliphatic rings. The molecular weight excluding hydrogens is 330 g/mol. The topological polar surface area (TPSA) is 37.4 Å². The average Bonchev–Trinajstić information content (AvgIpc) is 2.90. The van der Waals surface area contributed by atoms with Crippen LogP contribution in [0.15, 0.2) is 59.1 Å². The maximum absolute atomic E-state index is 12.5. The highest BCUT2D eigenvalue weighted by Crippen LogP contribution is 2.30. The summed E-state index contributed by atoms with van der Waals surface area (Å²) in [7, 11) is 0. The van der Waals surface area contributed by atoms with E-state index in [1.54, 1.807) is 12.1 Å². The normalized spacial score (nSPS) is 18.0. The Morgan fingerprint density at radius 1 is 1.05 bits per heavy atom. The van der Waals surface area contributed by atoms with Crippen LogP contribution in [0.25, 0.3) is 0 Å². The Kier molecular flexibility index (Phi) is 3.88. The first-order chi connectivity index (χ1) is 10.2. The van der Waals surface area contributed by atoms with Gasteiger partial charge >= 0.3 is 0 Å². The van der Waals surface area contributed by atoms with E-state index in [2.05, 4.69) is 15.9 Å². The van der Waals surface area contributed by atoms with Gasteiger partial charge in [-0.05, 0) is 33.6 Å². The van der Waals surface area contributed by atoms with Crippen LogP contribution in [0, 0.1) is 0 Å². The number of hydrogen-bond donors (Lipinski definition) is 0. The van der Waals surface area contributed by atoms with E-state index in [9.17, 15) is 9.59 Å². The predicted molar refractivity (Wildman–Crippen MR) is 84.0 cm³/mol. The Morgan fingerprint density at radius 2 is 1.71 bits per heavy atom. The summed E-state index contributed by atoms with van der Waals surface area (Å²) in [5.41, 5.74) is 1.63. The molecule has 0 N–H and O–H groups in total. The van der Waals surface area contributed by atoms with Crippen molar-refractivity contribution >= 4 is 27.7 Å². The van der Waals surface area contributed by atoms with E-state index in [0.29, 0.717) is 23.0 Å². The Balaban J connectivity index is 1.83. The van der Waals surface area contributed by atoms with Gasteiger partial charge in [0.1, 0.15) is 0 Å². The molecule has 0 aromatic heterocycles. The molecule has 1 saturated heterocycles. The van der Waals surface area contributed by atoms with Gasteiger partial charge in [-0.3, -0.25) is 14.5 Å². The minimum absolute atomic E-state index is 0.0881. The first-order valence-corrected chi connectivity index (χ1v) is 7.60. The number of rotatable bonds is 2. The number of likely N-dealkylation sites (tertiary alicyclic amines) is 1. The number of imide groups is 1. The third kappa shape index (κ3) is 2.76. The van der Waals surface area contributed by atoms with Crippen LogP contribution in [-0.2, 0) is 4.79 Å². The molecule has 0 bridgehead atoms. The molecular formula is C17H14BrNO2.